The van der Waals surface area contributed by atoms with E-state index in [9.17, 15) is 0 Å². The van der Waals surface area contributed by atoms with E-state index in [4.69, 9.17) is 19.5 Å². The molecule has 0 saturated carbocycles. The van der Waals surface area contributed by atoms with Crippen LogP contribution in [0.4, 0.5) is 0 Å². The van der Waals surface area contributed by atoms with Crippen LogP contribution in [0, 0.1) is 43.0 Å². The first kappa shape index (κ1) is 22.5. The van der Waals surface area contributed by atoms with Gasteiger partial charge in [0.1, 0.15) is 0 Å². The molecule has 0 aliphatic rings. The summed E-state index contributed by atoms with van der Waals surface area (Å²) in [6, 6.07) is 12.0. The minimum Gasteiger partial charge on any atom is -0.999 e. The van der Waals surface area contributed by atoms with Crippen LogP contribution in [-0.4, -0.2) is 0 Å². The fraction of sp³-hybridized carbons (Fsp3) is 0. The first-order chi connectivity index (χ1) is 5.50. The van der Waals surface area contributed by atoms with Crippen molar-refractivity contribution in [3.8, 4) is 0 Å². The monoisotopic (exact) mass is 202 g/mol. The van der Waals surface area contributed by atoms with Gasteiger partial charge in [-0.3, -0.25) is 0 Å². The van der Waals surface area contributed by atoms with E-state index < -0.39 is 0 Å². The van der Waals surface area contributed by atoms with Crippen LogP contribution in [0.1, 0.15) is 0 Å². The van der Waals surface area contributed by atoms with Crippen LogP contribution in [0.15, 0.2) is 6.07 Å². The normalized spacial score (nSPS) is 3.83. The summed E-state index contributed by atoms with van der Waals surface area (Å²) in [6.07, 6.45) is 0. The van der Waals surface area contributed by atoms with Gasteiger partial charge < -0.3 is 30.3 Å². The molecule has 0 unspecified atom stereocenters. The summed E-state index contributed by atoms with van der Waals surface area (Å²) in [7, 11) is 0. The molecule has 0 N–H and O–H groups in total. The molecule has 0 bridgehead atoms. The summed E-state index contributed by atoms with van der Waals surface area (Å²) < 4.78 is 22.2. The van der Waals surface area contributed by atoms with Crippen molar-refractivity contribution in [2.24, 2.45) is 0 Å². The average Bonchev–Trinajstić information content (AvgIpc) is 2.71. The van der Waals surface area contributed by atoms with Crippen LogP contribution in [0.5, 0.6) is 0 Å². The van der Waals surface area contributed by atoms with Crippen LogP contribution in [0.3, 0.4) is 0 Å². The van der Waals surface area contributed by atoms with E-state index in [-0.39, 0.29) is 17.1 Å². The Balaban J connectivity index is -0.0000000406. The number of hydrogen-bond donors (Lipinski definition) is 0. The number of rotatable bonds is 0. The van der Waals surface area contributed by atoms with Crippen LogP contribution >= 0.6 is 0 Å². The third kappa shape index (κ3) is 35.9. The molecule has 0 saturated heterocycles. The summed E-state index contributed by atoms with van der Waals surface area (Å²) >= 11 is 0. The van der Waals surface area contributed by atoms with Crippen molar-refractivity contribution in [3.63, 3.8) is 0 Å². The molecule has 0 aliphatic carbocycles. The van der Waals surface area contributed by atoms with Gasteiger partial charge in [-0.25, -0.2) is 0 Å². The molecule has 0 fully saturated rings. The second kappa shape index (κ2) is 50.5. The molecule has 0 heterocycles. The molecule has 0 spiro atoms. The Labute approximate surface area is 80.7 Å². The molecule has 1 aromatic rings. The van der Waals surface area contributed by atoms with Crippen LogP contribution in [-0.2, 0) is 31.1 Å². The predicted molar refractivity (Wildman–Crippen MR) is 27.6 cm³/mol. The van der Waals surface area contributed by atoms with E-state index in [0.29, 0.717) is 0 Å². The van der Waals surface area contributed by atoms with E-state index in [0.717, 1.165) is 0 Å². The molecule has 1 radical (unpaired) electrons. The van der Waals surface area contributed by atoms with Gasteiger partial charge in [0, 0.05) is 17.1 Å². The van der Waals surface area contributed by atoms with Gasteiger partial charge in [0.05, 0.1) is 0 Å². The van der Waals surface area contributed by atoms with Crippen molar-refractivity contribution in [2.75, 3.05) is 0 Å². The van der Waals surface area contributed by atoms with Gasteiger partial charge in [-0.05, 0) is 0 Å². The van der Waals surface area contributed by atoms with Gasteiger partial charge >= 0.3 is 32.8 Å². The molecule has 1 aromatic carbocycles. The minimum absolute atomic E-state index is 0. The van der Waals surface area contributed by atoms with E-state index in [1.165, 1.54) is 0 Å². The molecule has 1 rings (SSSR count). The van der Waals surface area contributed by atoms with Crippen molar-refractivity contribution in [1.29, 1.82) is 5.46 Å². The third-order valence-corrected chi connectivity index (χ3v) is 0.351. The van der Waals surface area contributed by atoms with Crippen molar-refractivity contribution in [3.05, 3.63) is 43.6 Å². The maximum absolute atomic E-state index is 7.50. The summed E-state index contributed by atoms with van der Waals surface area (Å²) in [5.74, 6) is 0. The Morgan fingerprint density at radius 3 is 1.25 bits per heavy atom. The smallest absolute Gasteiger partial charge is 0 e. The molecule has 4 nitrogen and oxygen atoms in total. The Bertz CT molecular complexity index is 147. The third-order valence-electron chi connectivity index (χ3n) is 0.351. The van der Waals surface area contributed by atoms with Gasteiger partial charge in [0.15, 0.2) is 0 Å². The number of hydrogen-bond acceptors (Lipinski definition) is 1. The zero-order chi connectivity index (χ0) is 9.54. The second-order valence-electron chi connectivity index (χ2n) is 0.683. The van der Waals surface area contributed by atoms with Crippen molar-refractivity contribution in [1.82, 2.24) is 0 Å². The maximum atomic E-state index is 7.50. The molecule has 12 heavy (non-hydrogen) atoms. The van der Waals surface area contributed by atoms with E-state index in [2.05, 4.69) is 37.6 Å². The van der Waals surface area contributed by atoms with Gasteiger partial charge in [0.25, 0.3) is 0 Å². The Morgan fingerprint density at radius 1 is 0.917 bits per heavy atom. The molecule has 5 heteroatoms. The Morgan fingerprint density at radius 2 is 1.17 bits per heavy atom. The summed E-state index contributed by atoms with van der Waals surface area (Å²) in [6.45, 7) is 9.00. The van der Waals surface area contributed by atoms with Crippen molar-refractivity contribution >= 4 is 0 Å². The maximum Gasteiger partial charge on any atom is 0 e. The largest absolute Gasteiger partial charge is 0.999 e. The Hall–Kier alpha value is -0.981. The SMILES string of the molecule is N#[O+].[C-]#[O+].[C-]#[O+].[Mn].[c-]1[c-][c-][cH-][c-]1. The van der Waals surface area contributed by atoms with Crippen molar-refractivity contribution in [2.45, 2.75) is 0 Å². The van der Waals surface area contributed by atoms with Gasteiger partial charge in [-0.1, -0.05) is 0 Å². The number of nitrogens with zero attached hydrogens (tertiary/aromatic N) is 1. The van der Waals surface area contributed by atoms with Crippen LogP contribution in [0.2, 0.25) is 0 Å². The van der Waals surface area contributed by atoms with Gasteiger partial charge in [0.2, 0.25) is 0 Å². The zero-order valence-electron chi connectivity index (χ0n) is 5.63. The molecule has 63 valence electrons. The quantitative estimate of drug-likeness (QED) is 0.341. The molecule has 0 atom stereocenters. The Kier molecular flexibility index (Phi) is 94.4. The first-order valence-corrected chi connectivity index (χ1v) is 1.92. The topological polar surface area (TPSA) is 83.5 Å². The molecule has 0 aromatic heterocycles. The average molecular weight is 202 g/mol. The van der Waals surface area contributed by atoms with Crippen LogP contribution < -0.4 is 0 Å². The summed E-state index contributed by atoms with van der Waals surface area (Å²) in [5.41, 5.74) is 5.75. The molecular weight excluding hydrogens is 201 g/mol. The molecule has 0 amide bonds. The zero-order valence-corrected chi connectivity index (χ0v) is 6.81. The summed E-state index contributed by atoms with van der Waals surface area (Å²) in [4.78, 5) is 0. The van der Waals surface area contributed by atoms with Gasteiger partial charge in [-0.15, -0.1) is 0 Å². The van der Waals surface area contributed by atoms with E-state index in [1.807, 2.05) is 0 Å². The van der Waals surface area contributed by atoms with Gasteiger partial charge in [-0.2, -0.15) is 0 Å². The van der Waals surface area contributed by atoms with Crippen molar-refractivity contribution < 1.29 is 31.1 Å². The standard InChI is InChI=1S/C5H.2CO.Mn.NO/c1-2-4-5-3-1;2*1-2;;1-2/h1H;;;;/q-5;;;;+1. The summed E-state index contributed by atoms with van der Waals surface area (Å²) in [5, 5.41) is 0. The van der Waals surface area contributed by atoms with Crippen LogP contribution in [0.25, 0.3) is 0 Å². The predicted octanol–water partition coefficient (Wildman–Crippen LogP) is 0.425. The second-order valence-corrected chi connectivity index (χ2v) is 0.683. The fourth-order valence-electron chi connectivity index (χ4n) is 0.180. The van der Waals surface area contributed by atoms with E-state index >= 15 is 0 Å². The van der Waals surface area contributed by atoms with E-state index in [1.54, 1.807) is 6.07 Å². The molecule has 0 aliphatic heterocycles. The molecular formula is C7HMnNO3-4. The first-order valence-electron chi connectivity index (χ1n) is 1.92. The minimum atomic E-state index is 0. The fourth-order valence-corrected chi connectivity index (χ4v) is 0.180.